The van der Waals surface area contributed by atoms with Gasteiger partial charge >= 0.3 is 0 Å². The second kappa shape index (κ2) is 7.35. The Balaban J connectivity index is 2.12. The number of benzene rings is 2. The smallest absolute Gasteiger partial charge is 0.270 e. The molecule has 0 fully saturated rings. The molecule has 1 N–H and O–H groups in total. The molecule has 144 valence electrons. The van der Waals surface area contributed by atoms with Gasteiger partial charge in [-0.25, -0.2) is 4.98 Å². The summed E-state index contributed by atoms with van der Waals surface area (Å²) in [6.45, 7) is 0. The minimum absolute atomic E-state index is 0.00985. The first kappa shape index (κ1) is 18.8. The lowest BCUT2D eigenvalue weighted by Gasteiger charge is -2.13. The number of nitro groups is 1. The number of aromatic nitrogens is 2. The van der Waals surface area contributed by atoms with E-state index in [4.69, 9.17) is 14.2 Å². The highest BCUT2D eigenvalue weighted by atomic mass is 16.6. The summed E-state index contributed by atoms with van der Waals surface area (Å²) in [5.74, 6) is 0.0407. The summed E-state index contributed by atoms with van der Waals surface area (Å²) in [5.41, 5.74) is -0.600. The first-order valence-electron chi connectivity index (χ1n) is 7.92. The average molecular weight is 385 g/mol. The van der Waals surface area contributed by atoms with Crippen LogP contribution in [0.25, 0.3) is 10.9 Å². The third-order valence-corrected chi connectivity index (χ3v) is 4.04. The van der Waals surface area contributed by atoms with Gasteiger partial charge in [-0.05, 0) is 18.2 Å². The summed E-state index contributed by atoms with van der Waals surface area (Å²) < 4.78 is 15.7. The largest absolute Gasteiger partial charge is 0.493 e. The van der Waals surface area contributed by atoms with Crippen molar-refractivity contribution in [3.63, 3.8) is 0 Å². The molecule has 0 saturated carbocycles. The van der Waals surface area contributed by atoms with Crippen LogP contribution < -0.4 is 19.8 Å². The van der Waals surface area contributed by atoms with Crippen LogP contribution in [0.5, 0.6) is 17.2 Å². The number of aromatic amines is 1. The van der Waals surface area contributed by atoms with Crippen LogP contribution in [-0.4, -0.2) is 42.0 Å². The van der Waals surface area contributed by atoms with E-state index in [1.807, 2.05) is 0 Å². The number of nitro benzene ring substituents is 1. The van der Waals surface area contributed by atoms with Crippen LogP contribution in [0.15, 0.2) is 35.1 Å². The molecule has 1 heterocycles. The summed E-state index contributed by atoms with van der Waals surface area (Å²) in [7, 11) is 4.26. The minimum Gasteiger partial charge on any atom is -0.493 e. The van der Waals surface area contributed by atoms with E-state index < -0.39 is 16.3 Å². The van der Waals surface area contributed by atoms with Gasteiger partial charge in [0.1, 0.15) is 0 Å². The number of carbonyl (C=O) groups is 1. The van der Waals surface area contributed by atoms with Crippen molar-refractivity contribution in [3.8, 4) is 17.2 Å². The molecule has 0 saturated heterocycles. The van der Waals surface area contributed by atoms with Gasteiger partial charge in [-0.1, -0.05) is 0 Å². The van der Waals surface area contributed by atoms with E-state index >= 15 is 0 Å². The molecule has 0 aliphatic rings. The van der Waals surface area contributed by atoms with Crippen molar-refractivity contribution < 1.29 is 23.9 Å². The lowest BCUT2D eigenvalue weighted by molar-refractivity contribution is -0.384. The Hall–Kier alpha value is -3.95. The number of rotatable bonds is 6. The Bertz CT molecular complexity index is 1130. The second-order valence-corrected chi connectivity index (χ2v) is 5.62. The fraction of sp³-hybridized carbons (Fsp3) is 0.167. The quantitative estimate of drug-likeness (QED) is 0.387. The fourth-order valence-electron chi connectivity index (χ4n) is 2.70. The monoisotopic (exact) mass is 385 g/mol. The van der Waals surface area contributed by atoms with E-state index in [2.05, 4.69) is 9.97 Å². The first-order valence-corrected chi connectivity index (χ1v) is 7.92. The van der Waals surface area contributed by atoms with Crippen molar-refractivity contribution in [3.05, 3.63) is 62.2 Å². The molecule has 1 aromatic heterocycles. The Morgan fingerprint density at radius 1 is 1.07 bits per heavy atom. The van der Waals surface area contributed by atoms with Crippen molar-refractivity contribution in [2.45, 2.75) is 0 Å². The van der Waals surface area contributed by atoms with Crippen LogP contribution in [0, 0.1) is 10.1 Å². The highest BCUT2D eigenvalue weighted by Crippen LogP contribution is 2.38. The molecule has 2 aromatic carbocycles. The highest BCUT2D eigenvalue weighted by molar-refractivity contribution is 6.08. The molecule has 0 aliphatic carbocycles. The average Bonchev–Trinajstić information content (AvgIpc) is 2.71. The maximum Gasteiger partial charge on any atom is 0.270 e. The molecular weight excluding hydrogens is 370 g/mol. The Labute approximate surface area is 157 Å². The summed E-state index contributed by atoms with van der Waals surface area (Å²) >= 11 is 0. The van der Waals surface area contributed by atoms with Crippen molar-refractivity contribution in [2.24, 2.45) is 0 Å². The molecule has 0 bridgehead atoms. The second-order valence-electron chi connectivity index (χ2n) is 5.62. The number of methoxy groups -OCH3 is 3. The summed E-state index contributed by atoms with van der Waals surface area (Å²) in [4.78, 5) is 41.9. The SMILES string of the molecule is COc1cc(C(=O)c2nc3ccc([N+](=O)[O-])cc3c(=O)[nH]2)cc(OC)c1OC. The lowest BCUT2D eigenvalue weighted by Crippen LogP contribution is -2.17. The molecule has 0 aliphatic heterocycles. The topological polar surface area (TPSA) is 134 Å². The first-order chi connectivity index (χ1) is 13.4. The molecule has 3 rings (SSSR count). The van der Waals surface area contributed by atoms with Gasteiger partial charge < -0.3 is 19.2 Å². The standard InChI is InChI=1S/C18H15N3O7/c1-26-13-6-9(7-14(27-2)16(13)28-3)15(22)17-19-12-5-4-10(21(24)25)8-11(12)18(23)20-17/h4-8H,1-3H3,(H,19,20,23). The van der Waals surface area contributed by atoms with Gasteiger partial charge in [0.05, 0.1) is 37.2 Å². The number of nitrogens with zero attached hydrogens (tertiary/aromatic N) is 2. The number of ketones is 1. The van der Waals surface area contributed by atoms with Crippen LogP contribution in [0.2, 0.25) is 0 Å². The number of H-pyrrole nitrogens is 1. The van der Waals surface area contributed by atoms with Crippen LogP contribution in [0.4, 0.5) is 5.69 Å². The maximum absolute atomic E-state index is 12.9. The molecule has 0 amide bonds. The van der Waals surface area contributed by atoms with Crippen LogP contribution in [0.1, 0.15) is 16.2 Å². The van der Waals surface area contributed by atoms with Gasteiger partial charge in [0.15, 0.2) is 17.3 Å². The summed E-state index contributed by atoms with van der Waals surface area (Å²) in [6, 6.07) is 6.50. The van der Waals surface area contributed by atoms with Gasteiger partial charge in [-0.2, -0.15) is 0 Å². The minimum atomic E-state index is -0.663. The Kier molecular flexibility index (Phi) is 4.94. The molecular formula is C18H15N3O7. The molecule has 10 nitrogen and oxygen atoms in total. The van der Waals surface area contributed by atoms with Crippen LogP contribution in [0.3, 0.4) is 0 Å². The number of hydrogen-bond acceptors (Lipinski definition) is 8. The number of fused-ring (bicyclic) bond motifs is 1. The Morgan fingerprint density at radius 2 is 1.71 bits per heavy atom. The van der Waals surface area contributed by atoms with Crippen molar-refractivity contribution in [1.29, 1.82) is 0 Å². The maximum atomic E-state index is 12.9. The van der Waals surface area contributed by atoms with Gasteiger partial charge in [0.25, 0.3) is 11.2 Å². The van der Waals surface area contributed by atoms with Gasteiger partial charge in [0, 0.05) is 17.7 Å². The van der Waals surface area contributed by atoms with E-state index in [1.54, 1.807) is 0 Å². The number of non-ortho nitro benzene ring substituents is 1. The predicted octanol–water partition coefficient (Wildman–Crippen LogP) is 2.09. The number of carbonyl (C=O) groups excluding carboxylic acids is 1. The fourth-order valence-corrected chi connectivity index (χ4v) is 2.70. The van der Waals surface area contributed by atoms with Gasteiger partial charge in [-0.3, -0.25) is 19.7 Å². The zero-order chi connectivity index (χ0) is 20.4. The molecule has 0 radical (unpaired) electrons. The third-order valence-electron chi connectivity index (χ3n) is 4.04. The molecule has 0 unspecified atom stereocenters. The van der Waals surface area contributed by atoms with E-state index in [0.717, 1.165) is 6.07 Å². The zero-order valence-corrected chi connectivity index (χ0v) is 15.1. The molecule has 3 aromatic rings. The molecule has 28 heavy (non-hydrogen) atoms. The van der Waals surface area contributed by atoms with E-state index in [9.17, 15) is 19.7 Å². The lowest BCUT2D eigenvalue weighted by atomic mass is 10.1. The van der Waals surface area contributed by atoms with Gasteiger partial charge in [-0.15, -0.1) is 0 Å². The van der Waals surface area contributed by atoms with E-state index in [-0.39, 0.29) is 39.5 Å². The third kappa shape index (κ3) is 3.22. The number of nitrogens with one attached hydrogen (secondary N) is 1. The van der Waals surface area contributed by atoms with Crippen LogP contribution >= 0.6 is 0 Å². The van der Waals surface area contributed by atoms with Crippen molar-refractivity contribution in [1.82, 2.24) is 9.97 Å². The molecule has 0 atom stereocenters. The predicted molar refractivity (Wildman–Crippen MR) is 98.5 cm³/mol. The van der Waals surface area contributed by atoms with E-state index in [1.165, 1.54) is 45.6 Å². The number of hydrogen-bond donors (Lipinski definition) is 1. The normalized spacial score (nSPS) is 10.5. The van der Waals surface area contributed by atoms with Crippen molar-refractivity contribution >= 4 is 22.4 Å². The highest BCUT2D eigenvalue weighted by Gasteiger charge is 2.20. The Morgan fingerprint density at radius 3 is 2.25 bits per heavy atom. The van der Waals surface area contributed by atoms with Crippen molar-refractivity contribution in [2.75, 3.05) is 21.3 Å². The van der Waals surface area contributed by atoms with Crippen LogP contribution in [-0.2, 0) is 0 Å². The molecule has 0 spiro atoms. The molecule has 10 heteroatoms. The zero-order valence-electron chi connectivity index (χ0n) is 15.1. The summed E-state index contributed by atoms with van der Waals surface area (Å²) in [6.07, 6.45) is 0. The van der Waals surface area contributed by atoms with E-state index in [0.29, 0.717) is 5.75 Å². The summed E-state index contributed by atoms with van der Waals surface area (Å²) in [5, 5.41) is 10.9. The number of ether oxygens (including phenoxy) is 3. The van der Waals surface area contributed by atoms with Gasteiger partial charge in [0.2, 0.25) is 11.5 Å².